The lowest BCUT2D eigenvalue weighted by atomic mass is 10.1. The zero-order valence-corrected chi connectivity index (χ0v) is 16.6. The topological polar surface area (TPSA) is 67.0 Å². The van der Waals surface area contributed by atoms with Crippen LogP contribution >= 0.6 is 0 Å². The molecule has 0 saturated carbocycles. The fourth-order valence-corrected chi connectivity index (χ4v) is 3.34. The highest BCUT2D eigenvalue weighted by Crippen LogP contribution is 2.24. The van der Waals surface area contributed by atoms with E-state index in [-0.39, 0.29) is 5.91 Å². The van der Waals surface area contributed by atoms with E-state index in [4.69, 9.17) is 4.74 Å². The number of H-pyrrole nitrogens is 1. The molecule has 0 aliphatic carbocycles. The molecule has 150 valence electrons. The van der Waals surface area contributed by atoms with Crippen LogP contribution in [-0.4, -0.2) is 15.9 Å². The largest absolute Gasteiger partial charge is 0.457 e. The standard InChI is InChI=1S/C26H19N3O2/c30-26(18-13-15-22(16-14-18)31-21-9-2-1-3-10-21)27-20-8-6-7-19(17-20)25-28-23-11-4-5-12-24(23)29-25/h1-17H,(H,27,30)(H,28,29). The number of fused-ring (bicyclic) bond motifs is 1. The van der Waals surface area contributed by atoms with Gasteiger partial charge in [0.2, 0.25) is 0 Å². The molecule has 0 fully saturated rings. The summed E-state index contributed by atoms with van der Waals surface area (Å²) in [5, 5.41) is 2.95. The van der Waals surface area contributed by atoms with Crippen molar-refractivity contribution >= 4 is 22.6 Å². The normalized spacial score (nSPS) is 10.7. The molecule has 5 heteroatoms. The van der Waals surface area contributed by atoms with Gasteiger partial charge in [-0.2, -0.15) is 0 Å². The van der Waals surface area contributed by atoms with Gasteiger partial charge in [-0.1, -0.05) is 42.5 Å². The first-order valence-electron chi connectivity index (χ1n) is 9.94. The molecule has 1 aromatic heterocycles. The first kappa shape index (κ1) is 18.6. The first-order valence-corrected chi connectivity index (χ1v) is 9.94. The van der Waals surface area contributed by atoms with Crippen molar-refractivity contribution in [1.29, 1.82) is 0 Å². The minimum Gasteiger partial charge on any atom is -0.457 e. The van der Waals surface area contributed by atoms with E-state index in [2.05, 4.69) is 15.3 Å². The van der Waals surface area contributed by atoms with Crippen molar-refractivity contribution in [3.05, 3.63) is 109 Å². The van der Waals surface area contributed by atoms with Crippen LogP contribution in [0.15, 0.2) is 103 Å². The molecule has 1 heterocycles. The maximum atomic E-state index is 12.7. The first-order chi connectivity index (χ1) is 15.2. The molecule has 0 saturated heterocycles. The molecule has 0 unspecified atom stereocenters. The number of anilines is 1. The van der Waals surface area contributed by atoms with E-state index in [9.17, 15) is 4.79 Å². The van der Waals surface area contributed by atoms with Crippen LogP contribution in [0.4, 0.5) is 5.69 Å². The number of hydrogen-bond donors (Lipinski definition) is 2. The molecule has 0 atom stereocenters. The van der Waals surface area contributed by atoms with Gasteiger partial charge in [-0.15, -0.1) is 0 Å². The number of aromatic nitrogens is 2. The van der Waals surface area contributed by atoms with Crippen molar-refractivity contribution in [3.63, 3.8) is 0 Å². The number of benzene rings is 4. The fraction of sp³-hybridized carbons (Fsp3) is 0. The van der Waals surface area contributed by atoms with Crippen molar-refractivity contribution in [2.24, 2.45) is 0 Å². The lowest BCUT2D eigenvalue weighted by Gasteiger charge is -2.08. The van der Waals surface area contributed by atoms with Gasteiger partial charge in [0, 0.05) is 16.8 Å². The van der Waals surface area contributed by atoms with E-state index < -0.39 is 0 Å². The van der Waals surface area contributed by atoms with Crippen LogP contribution in [0, 0.1) is 0 Å². The van der Waals surface area contributed by atoms with Gasteiger partial charge >= 0.3 is 0 Å². The molecule has 0 aliphatic rings. The van der Waals surface area contributed by atoms with E-state index in [1.54, 1.807) is 24.3 Å². The smallest absolute Gasteiger partial charge is 0.255 e. The SMILES string of the molecule is O=C(Nc1cccc(-c2nc3ccccc3[nH]2)c1)c1ccc(Oc2ccccc2)cc1. The number of imidazole rings is 1. The molecule has 4 aromatic carbocycles. The quantitative estimate of drug-likeness (QED) is 0.362. The summed E-state index contributed by atoms with van der Waals surface area (Å²) in [4.78, 5) is 20.6. The second kappa shape index (κ2) is 8.16. The Morgan fingerprint density at radius 3 is 2.32 bits per heavy atom. The molecule has 5 rings (SSSR count). The van der Waals surface area contributed by atoms with E-state index >= 15 is 0 Å². The second-order valence-electron chi connectivity index (χ2n) is 7.08. The summed E-state index contributed by atoms with van der Waals surface area (Å²) in [6.07, 6.45) is 0. The van der Waals surface area contributed by atoms with Crippen LogP contribution in [0.1, 0.15) is 10.4 Å². The van der Waals surface area contributed by atoms with Crippen LogP contribution in [0.3, 0.4) is 0 Å². The highest BCUT2D eigenvalue weighted by molar-refractivity contribution is 6.04. The number of para-hydroxylation sites is 3. The zero-order valence-electron chi connectivity index (χ0n) is 16.6. The summed E-state index contributed by atoms with van der Waals surface area (Å²) in [6.45, 7) is 0. The monoisotopic (exact) mass is 405 g/mol. The summed E-state index contributed by atoms with van der Waals surface area (Å²) >= 11 is 0. The van der Waals surface area contributed by atoms with Crippen LogP contribution in [0.2, 0.25) is 0 Å². The van der Waals surface area contributed by atoms with Gasteiger partial charge in [-0.05, 0) is 60.7 Å². The average Bonchev–Trinajstić information content (AvgIpc) is 3.25. The number of rotatable bonds is 5. The lowest BCUT2D eigenvalue weighted by molar-refractivity contribution is 0.102. The third-order valence-electron chi connectivity index (χ3n) is 4.88. The van der Waals surface area contributed by atoms with Crippen LogP contribution in [0.5, 0.6) is 11.5 Å². The number of carbonyl (C=O) groups is 1. The van der Waals surface area contributed by atoms with Gasteiger partial charge in [0.25, 0.3) is 5.91 Å². The number of aromatic amines is 1. The van der Waals surface area contributed by atoms with Gasteiger partial charge in [0.15, 0.2) is 0 Å². The van der Waals surface area contributed by atoms with Crippen LogP contribution < -0.4 is 10.1 Å². The molecule has 5 aromatic rings. The molecular weight excluding hydrogens is 386 g/mol. The number of carbonyl (C=O) groups excluding carboxylic acids is 1. The lowest BCUT2D eigenvalue weighted by Crippen LogP contribution is -2.11. The van der Waals surface area contributed by atoms with Crippen LogP contribution in [-0.2, 0) is 0 Å². The number of hydrogen-bond acceptors (Lipinski definition) is 3. The fourth-order valence-electron chi connectivity index (χ4n) is 3.34. The van der Waals surface area contributed by atoms with Gasteiger partial charge < -0.3 is 15.0 Å². The molecule has 31 heavy (non-hydrogen) atoms. The number of nitrogens with one attached hydrogen (secondary N) is 2. The van der Waals surface area contributed by atoms with E-state index in [0.717, 1.165) is 28.2 Å². The maximum absolute atomic E-state index is 12.7. The molecule has 0 aliphatic heterocycles. The summed E-state index contributed by atoms with van der Waals surface area (Å²) in [5.41, 5.74) is 4.04. The third-order valence-corrected chi connectivity index (χ3v) is 4.88. The minimum absolute atomic E-state index is 0.187. The van der Waals surface area contributed by atoms with Crippen molar-refractivity contribution in [3.8, 4) is 22.9 Å². The number of nitrogens with zero attached hydrogens (tertiary/aromatic N) is 1. The second-order valence-corrected chi connectivity index (χ2v) is 7.08. The molecule has 0 radical (unpaired) electrons. The molecule has 2 N–H and O–H groups in total. The average molecular weight is 405 g/mol. The van der Waals surface area contributed by atoms with Crippen LogP contribution in [0.25, 0.3) is 22.4 Å². The summed E-state index contributed by atoms with van der Waals surface area (Å²) < 4.78 is 5.78. The Morgan fingerprint density at radius 1 is 0.774 bits per heavy atom. The van der Waals surface area contributed by atoms with E-state index in [1.165, 1.54) is 0 Å². The highest BCUT2D eigenvalue weighted by Gasteiger charge is 2.09. The minimum atomic E-state index is -0.187. The molecular formula is C26H19N3O2. The zero-order chi connectivity index (χ0) is 21.0. The Labute approximate surface area is 179 Å². The summed E-state index contributed by atoms with van der Waals surface area (Å²) in [6, 6.07) is 32.1. The number of amides is 1. The molecule has 5 nitrogen and oxygen atoms in total. The predicted octanol–water partition coefficient (Wildman–Crippen LogP) is 6.27. The Bertz CT molecular complexity index is 1310. The predicted molar refractivity (Wildman–Crippen MR) is 122 cm³/mol. The third kappa shape index (κ3) is 4.16. The van der Waals surface area contributed by atoms with E-state index in [1.807, 2.05) is 78.9 Å². The Morgan fingerprint density at radius 2 is 1.52 bits per heavy atom. The number of ether oxygens (including phenoxy) is 1. The van der Waals surface area contributed by atoms with Crippen molar-refractivity contribution in [1.82, 2.24) is 9.97 Å². The van der Waals surface area contributed by atoms with Crippen molar-refractivity contribution < 1.29 is 9.53 Å². The molecule has 1 amide bonds. The van der Waals surface area contributed by atoms with Gasteiger partial charge in [-0.25, -0.2) is 4.98 Å². The van der Waals surface area contributed by atoms with Crippen molar-refractivity contribution in [2.45, 2.75) is 0 Å². The van der Waals surface area contributed by atoms with Gasteiger partial charge in [-0.3, -0.25) is 4.79 Å². The Kier molecular flexibility index (Phi) is 4.91. The highest BCUT2D eigenvalue weighted by atomic mass is 16.5. The molecule has 0 spiro atoms. The summed E-state index contributed by atoms with van der Waals surface area (Å²) in [7, 11) is 0. The Balaban J connectivity index is 1.30. The Hall–Kier alpha value is -4.38. The van der Waals surface area contributed by atoms with Gasteiger partial charge in [0.05, 0.1) is 11.0 Å². The molecule has 0 bridgehead atoms. The summed E-state index contributed by atoms with van der Waals surface area (Å²) in [5.74, 6) is 2.00. The van der Waals surface area contributed by atoms with E-state index in [0.29, 0.717) is 17.0 Å². The van der Waals surface area contributed by atoms with Gasteiger partial charge in [0.1, 0.15) is 17.3 Å². The van der Waals surface area contributed by atoms with Crippen molar-refractivity contribution in [2.75, 3.05) is 5.32 Å². The maximum Gasteiger partial charge on any atom is 0.255 e.